The molecule has 0 spiro atoms. The summed E-state index contributed by atoms with van der Waals surface area (Å²) in [4.78, 5) is 25.0. The molecule has 3 N–H and O–H groups in total. The number of anilines is 1. The summed E-state index contributed by atoms with van der Waals surface area (Å²) in [5.41, 5.74) is 0.921. The first-order valence-corrected chi connectivity index (χ1v) is 11.6. The monoisotopic (exact) mass is 501 g/mol. The molecule has 2 amide bonds. The number of methoxy groups -OCH3 is 1. The van der Waals surface area contributed by atoms with Crippen LogP contribution >= 0.6 is 23.4 Å². The zero-order valence-electron chi connectivity index (χ0n) is 18.4. The summed E-state index contributed by atoms with van der Waals surface area (Å²) in [6.45, 7) is 3.68. The van der Waals surface area contributed by atoms with Crippen LogP contribution in [0.2, 0.25) is 5.02 Å². The van der Waals surface area contributed by atoms with Gasteiger partial charge in [-0.2, -0.15) is 0 Å². The van der Waals surface area contributed by atoms with E-state index in [1.54, 1.807) is 66.3 Å². The van der Waals surface area contributed by atoms with E-state index in [9.17, 15) is 14.7 Å². The molecule has 3 rings (SSSR count). The first-order chi connectivity index (χ1) is 16.5. The number of para-hydroxylation sites is 1. The van der Waals surface area contributed by atoms with Crippen LogP contribution in [0.1, 0.15) is 22.2 Å². The fraction of sp³-hybridized carbons (Fsp3) is 0.217. The largest absolute Gasteiger partial charge is 0.497 e. The summed E-state index contributed by atoms with van der Waals surface area (Å²) in [7, 11) is 1.54. The van der Waals surface area contributed by atoms with Gasteiger partial charge in [0, 0.05) is 12.1 Å². The normalized spacial score (nSPS) is 11.5. The van der Waals surface area contributed by atoms with Crippen LogP contribution in [0.15, 0.2) is 66.3 Å². The number of aromatic nitrogens is 3. The Kier molecular flexibility index (Phi) is 9.08. The van der Waals surface area contributed by atoms with Gasteiger partial charge in [0.15, 0.2) is 11.0 Å². The number of nitrogens with zero attached hydrogens (tertiary/aromatic N) is 3. The Labute approximate surface area is 206 Å². The second kappa shape index (κ2) is 12.2. The predicted molar refractivity (Wildman–Crippen MR) is 131 cm³/mol. The van der Waals surface area contributed by atoms with Gasteiger partial charge in [-0.3, -0.25) is 9.59 Å². The standard InChI is InChI=1S/C23H24ClN5O4S/c1-3-12-29-21(19(13-30)26-22(32)15-8-10-16(33-2)11-9-15)27-28-23(29)34-14-20(31)25-18-7-5-4-6-17(18)24/h3-11,19,30H,1,12-14H2,2H3,(H,25,31)(H,26,32). The second-order valence-corrected chi connectivity index (χ2v) is 8.34. The Bertz CT molecular complexity index is 1150. The lowest BCUT2D eigenvalue weighted by molar-refractivity contribution is -0.113. The van der Waals surface area contributed by atoms with Crippen LogP contribution in [0.5, 0.6) is 5.75 Å². The number of nitrogens with one attached hydrogen (secondary N) is 2. The molecule has 1 atom stereocenters. The number of amides is 2. The maximum absolute atomic E-state index is 12.7. The summed E-state index contributed by atoms with van der Waals surface area (Å²) >= 11 is 7.25. The summed E-state index contributed by atoms with van der Waals surface area (Å²) < 4.78 is 6.79. The molecule has 0 saturated carbocycles. The van der Waals surface area contributed by atoms with Gasteiger partial charge in [0.05, 0.1) is 30.2 Å². The van der Waals surface area contributed by atoms with Crippen molar-refractivity contribution in [3.8, 4) is 5.75 Å². The van der Waals surface area contributed by atoms with E-state index < -0.39 is 12.6 Å². The third-order valence-electron chi connectivity index (χ3n) is 4.69. The number of thioether (sulfide) groups is 1. The highest BCUT2D eigenvalue weighted by Gasteiger charge is 2.23. The van der Waals surface area contributed by atoms with Crippen LogP contribution in [0.3, 0.4) is 0 Å². The van der Waals surface area contributed by atoms with Gasteiger partial charge in [-0.25, -0.2) is 0 Å². The van der Waals surface area contributed by atoms with E-state index in [0.29, 0.717) is 39.5 Å². The zero-order valence-corrected chi connectivity index (χ0v) is 20.0. The highest BCUT2D eigenvalue weighted by atomic mass is 35.5. The van der Waals surface area contributed by atoms with Gasteiger partial charge in [0.25, 0.3) is 5.91 Å². The number of ether oxygens (including phenoxy) is 1. The average Bonchev–Trinajstić information content (AvgIpc) is 3.25. The molecule has 0 bridgehead atoms. The van der Waals surface area contributed by atoms with Crippen LogP contribution in [-0.2, 0) is 11.3 Å². The summed E-state index contributed by atoms with van der Waals surface area (Å²) in [6.07, 6.45) is 1.64. The Morgan fingerprint density at radius 2 is 1.97 bits per heavy atom. The van der Waals surface area contributed by atoms with Gasteiger partial charge in [0.2, 0.25) is 5.91 Å². The smallest absolute Gasteiger partial charge is 0.251 e. The second-order valence-electron chi connectivity index (χ2n) is 6.99. The van der Waals surface area contributed by atoms with Crippen molar-refractivity contribution in [2.24, 2.45) is 0 Å². The quantitative estimate of drug-likeness (QED) is 0.272. The number of benzene rings is 2. The van der Waals surface area contributed by atoms with Crippen molar-refractivity contribution < 1.29 is 19.4 Å². The van der Waals surface area contributed by atoms with Gasteiger partial charge in [-0.15, -0.1) is 16.8 Å². The van der Waals surface area contributed by atoms with E-state index in [-0.39, 0.29) is 17.6 Å². The minimum Gasteiger partial charge on any atom is -0.497 e. The molecule has 0 aliphatic rings. The minimum atomic E-state index is -0.812. The number of carbonyl (C=O) groups excluding carboxylic acids is 2. The van der Waals surface area contributed by atoms with Crippen LogP contribution in [-0.4, -0.2) is 51.2 Å². The van der Waals surface area contributed by atoms with Crippen LogP contribution < -0.4 is 15.4 Å². The highest BCUT2D eigenvalue weighted by molar-refractivity contribution is 7.99. The number of aliphatic hydroxyl groups excluding tert-OH is 1. The molecule has 0 fully saturated rings. The van der Waals surface area contributed by atoms with Crippen molar-refractivity contribution in [3.05, 3.63) is 77.6 Å². The first-order valence-electron chi connectivity index (χ1n) is 10.2. The molecule has 11 heteroatoms. The number of halogens is 1. The van der Waals surface area contributed by atoms with Crippen molar-refractivity contribution in [1.82, 2.24) is 20.1 Å². The van der Waals surface area contributed by atoms with Gasteiger partial charge >= 0.3 is 0 Å². The molecule has 9 nitrogen and oxygen atoms in total. The Hall–Kier alpha value is -3.34. The summed E-state index contributed by atoms with van der Waals surface area (Å²) in [6, 6.07) is 12.7. The molecule has 0 aliphatic heterocycles. The summed E-state index contributed by atoms with van der Waals surface area (Å²) in [5, 5.41) is 24.6. The van der Waals surface area contributed by atoms with Crippen LogP contribution in [0, 0.1) is 0 Å². The molecule has 1 aromatic heterocycles. The average molecular weight is 502 g/mol. The molecule has 3 aromatic rings. The number of rotatable bonds is 11. The molecule has 34 heavy (non-hydrogen) atoms. The molecule has 1 unspecified atom stereocenters. The van der Waals surface area contributed by atoms with Crippen molar-refractivity contribution in [3.63, 3.8) is 0 Å². The van der Waals surface area contributed by atoms with Crippen molar-refractivity contribution in [2.75, 3.05) is 24.8 Å². The fourth-order valence-corrected chi connectivity index (χ4v) is 3.96. The van der Waals surface area contributed by atoms with Crippen molar-refractivity contribution >= 4 is 40.9 Å². The van der Waals surface area contributed by atoms with Crippen molar-refractivity contribution in [1.29, 1.82) is 0 Å². The zero-order chi connectivity index (χ0) is 24.5. The molecule has 178 valence electrons. The molecule has 2 aromatic carbocycles. The Morgan fingerprint density at radius 1 is 1.24 bits per heavy atom. The van der Waals surface area contributed by atoms with Gasteiger partial charge < -0.3 is 25.0 Å². The van der Waals surface area contributed by atoms with E-state index >= 15 is 0 Å². The van der Waals surface area contributed by atoms with Crippen molar-refractivity contribution in [2.45, 2.75) is 17.7 Å². The van der Waals surface area contributed by atoms with E-state index in [2.05, 4.69) is 27.4 Å². The van der Waals surface area contributed by atoms with Crippen LogP contribution in [0.25, 0.3) is 0 Å². The summed E-state index contributed by atoms with van der Waals surface area (Å²) in [5.74, 6) is 0.379. The number of carbonyl (C=O) groups is 2. The third kappa shape index (κ3) is 6.37. The molecule has 0 aliphatic carbocycles. The SMILES string of the molecule is C=CCn1c(SCC(=O)Nc2ccccc2Cl)nnc1C(CO)NC(=O)c1ccc(OC)cc1. The lowest BCUT2D eigenvalue weighted by atomic mass is 10.2. The molecule has 0 saturated heterocycles. The van der Waals surface area contributed by atoms with Gasteiger partial charge in [-0.05, 0) is 36.4 Å². The van der Waals surface area contributed by atoms with E-state index in [1.165, 1.54) is 11.8 Å². The van der Waals surface area contributed by atoms with E-state index in [1.807, 2.05) is 0 Å². The van der Waals surface area contributed by atoms with E-state index in [0.717, 1.165) is 0 Å². The molecule has 0 radical (unpaired) electrons. The van der Waals surface area contributed by atoms with Gasteiger partial charge in [0.1, 0.15) is 11.8 Å². The van der Waals surface area contributed by atoms with Gasteiger partial charge in [-0.1, -0.05) is 41.6 Å². The predicted octanol–water partition coefficient (Wildman–Crippen LogP) is 3.32. The lowest BCUT2D eigenvalue weighted by Crippen LogP contribution is -2.33. The topological polar surface area (TPSA) is 118 Å². The minimum absolute atomic E-state index is 0.0580. The maximum Gasteiger partial charge on any atom is 0.251 e. The lowest BCUT2D eigenvalue weighted by Gasteiger charge is -2.17. The Balaban J connectivity index is 1.70. The van der Waals surface area contributed by atoms with Crippen LogP contribution in [0.4, 0.5) is 5.69 Å². The number of allylic oxidation sites excluding steroid dienone is 1. The highest BCUT2D eigenvalue weighted by Crippen LogP contribution is 2.24. The number of hydrogen-bond donors (Lipinski definition) is 3. The molecule has 1 heterocycles. The van der Waals surface area contributed by atoms with E-state index in [4.69, 9.17) is 16.3 Å². The maximum atomic E-state index is 12.7. The molecular formula is C23H24ClN5O4S. The fourth-order valence-electron chi connectivity index (χ4n) is 3.02. The number of aliphatic hydroxyl groups is 1. The molecular weight excluding hydrogens is 478 g/mol. The number of hydrogen-bond acceptors (Lipinski definition) is 7. The third-order valence-corrected chi connectivity index (χ3v) is 5.99. The first kappa shape index (κ1) is 25.3. The Morgan fingerprint density at radius 3 is 2.62 bits per heavy atom.